The summed E-state index contributed by atoms with van der Waals surface area (Å²) in [5, 5.41) is 4.22. The van der Waals surface area contributed by atoms with Crippen molar-refractivity contribution in [1.82, 2.24) is 25.6 Å². The minimum Gasteiger partial charge on any atom is -0.296 e. The van der Waals surface area contributed by atoms with E-state index >= 15 is 0 Å². The number of rotatable bonds is 6. The number of carbonyl (C=O) groups is 1. The molecule has 0 spiro atoms. The normalized spacial score (nSPS) is 15.5. The smallest absolute Gasteiger partial charge is 0.296 e. The molecular formula is C28H20ClF6N7OS2. The lowest BCUT2D eigenvalue weighted by molar-refractivity contribution is -0.138. The first kappa shape index (κ1) is 32.4. The van der Waals surface area contributed by atoms with Crippen LogP contribution in [0.3, 0.4) is 0 Å². The fraction of sp³-hybridized carbons (Fsp3) is 0.179. The largest absolute Gasteiger partial charge is 0.418 e. The van der Waals surface area contributed by atoms with Crippen molar-refractivity contribution in [2.24, 2.45) is 4.99 Å². The fourth-order valence-electron chi connectivity index (χ4n) is 4.22. The third-order valence-electron chi connectivity index (χ3n) is 6.48. The number of hydrogen-bond donors (Lipinski definition) is 2. The van der Waals surface area contributed by atoms with Gasteiger partial charge >= 0.3 is 12.4 Å². The van der Waals surface area contributed by atoms with Crippen LogP contribution in [-0.2, 0) is 17.1 Å². The number of nitrogens with zero attached hydrogens (tertiary/aromatic N) is 5. The van der Waals surface area contributed by atoms with Crippen LogP contribution in [-0.4, -0.2) is 36.7 Å². The maximum Gasteiger partial charge on any atom is 0.418 e. The number of hydrazine groups is 1. The van der Waals surface area contributed by atoms with E-state index in [1.54, 1.807) is 24.3 Å². The van der Waals surface area contributed by atoms with E-state index in [4.69, 9.17) is 23.8 Å². The van der Waals surface area contributed by atoms with E-state index in [0.717, 1.165) is 52.6 Å². The molecule has 2 heterocycles. The Bertz CT molecular complexity index is 1760. The van der Waals surface area contributed by atoms with E-state index in [1.165, 1.54) is 23.1 Å². The van der Waals surface area contributed by atoms with Crippen LogP contribution in [0, 0.1) is 0 Å². The summed E-state index contributed by atoms with van der Waals surface area (Å²) in [7, 11) is 0. The van der Waals surface area contributed by atoms with Gasteiger partial charge in [-0.1, -0.05) is 47.6 Å². The predicted molar refractivity (Wildman–Crippen MR) is 163 cm³/mol. The molecule has 234 valence electrons. The van der Waals surface area contributed by atoms with E-state index in [2.05, 4.69) is 25.9 Å². The first-order valence-electron chi connectivity index (χ1n) is 12.9. The van der Waals surface area contributed by atoms with Gasteiger partial charge in [-0.25, -0.2) is 15.1 Å². The number of benzene rings is 3. The molecule has 0 radical (unpaired) electrons. The van der Waals surface area contributed by atoms with Crippen LogP contribution in [0.25, 0.3) is 17.1 Å². The molecule has 0 saturated carbocycles. The number of hydrogen-bond acceptors (Lipinski definition) is 6. The highest BCUT2D eigenvalue weighted by Crippen LogP contribution is 2.40. The molecule has 0 aliphatic carbocycles. The number of anilines is 1. The molecular weight excluding hydrogens is 664 g/mol. The number of aromatic nitrogens is 3. The monoisotopic (exact) mass is 683 g/mol. The molecule has 4 aromatic rings. The molecule has 1 aliphatic rings. The number of thioether (sulfide) groups is 1. The minimum atomic E-state index is -4.73. The van der Waals surface area contributed by atoms with Crippen LogP contribution in [0.5, 0.6) is 0 Å². The van der Waals surface area contributed by atoms with Crippen LogP contribution < -0.4 is 15.8 Å². The number of aliphatic imine (C=N–C) groups is 1. The standard InChI is InChI=1S/C28H20ClF6N7OS2/c1-15(16-2-4-17(5-3-16)24-36-14-41(40-24)20-9-6-18(7-10-20)27(30,31)32)38-39-25(44)37-26-42(23(43)13-45-26)22-12-19(29)8-11-21(22)28(33,34)35/h2-12,14-15,38H,13H2,1H3,(H,39,44)/b37-26-. The molecule has 17 heteroatoms. The molecule has 8 nitrogen and oxygen atoms in total. The van der Waals surface area contributed by atoms with E-state index in [0.29, 0.717) is 17.1 Å². The topological polar surface area (TPSA) is 87.4 Å². The molecule has 5 rings (SSSR count). The highest BCUT2D eigenvalue weighted by molar-refractivity contribution is 8.15. The van der Waals surface area contributed by atoms with Gasteiger partial charge in [0, 0.05) is 16.6 Å². The lowest BCUT2D eigenvalue weighted by Crippen LogP contribution is -2.39. The molecule has 1 atom stereocenters. The first-order valence-corrected chi connectivity index (χ1v) is 14.6. The predicted octanol–water partition coefficient (Wildman–Crippen LogP) is 7.20. The van der Waals surface area contributed by atoms with Crippen molar-refractivity contribution in [3.05, 3.63) is 94.8 Å². The number of nitrogens with one attached hydrogen (secondary N) is 2. The van der Waals surface area contributed by atoms with Crippen LogP contribution in [0.2, 0.25) is 5.02 Å². The van der Waals surface area contributed by atoms with Crippen molar-refractivity contribution in [2.75, 3.05) is 10.7 Å². The fourth-order valence-corrected chi connectivity index (χ4v) is 5.46. The van der Waals surface area contributed by atoms with Gasteiger partial charge in [-0.05, 0) is 67.2 Å². The molecule has 1 aromatic heterocycles. The number of halogens is 7. The Morgan fingerprint density at radius 3 is 2.36 bits per heavy atom. The van der Waals surface area contributed by atoms with Gasteiger partial charge in [0.2, 0.25) is 11.0 Å². The molecule has 1 unspecified atom stereocenters. The summed E-state index contributed by atoms with van der Waals surface area (Å²) in [5.41, 5.74) is 5.33. The zero-order valence-corrected chi connectivity index (χ0v) is 25.2. The summed E-state index contributed by atoms with van der Waals surface area (Å²) in [6, 6.07) is 14.3. The minimum absolute atomic E-state index is 0.0209. The van der Waals surface area contributed by atoms with E-state index in [9.17, 15) is 31.1 Å². The Balaban J connectivity index is 1.23. The van der Waals surface area contributed by atoms with Crippen molar-refractivity contribution < 1.29 is 31.1 Å². The summed E-state index contributed by atoms with van der Waals surface area (Å²) in [4.78, 5) is 21.8. The van der Waals surface area contributed by atoms with Crippen LogP contribution in [0.4, 0.5) is 32.0 Å². The molecule has 2 N–H and O–H groups in total. The van der Waals surface area contributed by atoms with Gasteiger partial charge in [0.1, 0.15) is 6.33 Å². The van der Waals surface area contributed by atoms with Crippen molar-refractivity contribution in [2.45, 2.75) is 25.3 Å². The quantitative estimate of drug-likeness (QED) is 0.126. The van der Waals surface area contributed by atoms with Crippen molar-refractivity contribution in [3.63, 3.8) is 0 Å². The van der Waals surface area contributed by atoms with Gasteiger partial charge in [0.25, 0.3) is 0 Å². The second-order valence-corrected chi connectivity index (χ2v) is 11.3. The Morgan fingerprint density at radius 1 is 1.02 bits per heavy atom. The third-order valence-corrected chi connectivity index (χ3v) is 7.84. The first-order chi connectivity index (χ1) is 21.2. The highest BCUT2D eigenvalue weighted by Gasteiger charge is 2.40. The van der Waals surface area contributed by atoms with Gasteiger partial charge in [-0.2, -0.15) is 31.3 Å². The van der Waals surface area contributed by atoms with E-state index in [-0.39, 0.29) is 27.1 Å². The average Bonchev–Trinajstić information content (AvgIpc) is 3.62. The second-order valence-electron chi connectivity index (χ2n) is 9.55. The van der Waals surface area contributed by atoms with E-state index in [1.807, 2.05) is 6.92 Å². The number of thiocarbonyl (C=S) groups is 1. The van der Waals surface area contributed by atoms with Gasteiger partial charge < -0.3 is 0 Å². The lowest BCUT2D eigenvalue weighted by atomic mass is 10.1. The number of carbonyl (C=O) groups excluding carboxylic acids is 1. The zero-order chi connectivity index (χ0) is 32.5. The average molecular weight is 684 g/mol. The third kappa shape index (κ3) is 7.46. The van der Waals surface area contributed by atoms with Gasteiger partial charge in [0.15, 0.2) is 11.0 Å². The highest BCUT2D eigenvalue weighted by atomic mass is 35.5. The van der Waals surface area contributed by atoms with Crippen LogP contribution in [0.1, 0.15) is 29.7 Å². The maximum absolute atomic E-state index is 13.6. The number of amidine groups is 1. The molecule has 3 aromatic carbocycles. The van der Waals surface area contributed by atoms with Gasteiger partial charge in [0.05, 0.1) is 28.3 Å². The van der Waals surface area contributed by atoms with Crippen molar-refractivity contribution in [1.29, 1.82) is 0 Å². The van der Waals surface area contributed by atoms with Gasteiger partial charge in [-0.15, -0.1) is 5.10 Å². The Hall–Kier alpha value is -3.99. The van der Waals surface area contributed by atoms with Crippen molar-refractivity contribution in [3.8, 4) is 17.1 Å². The molecule has 45 heavy (non-hydrogen) atoms. The Kier molecular flexibility index (Phi) is 9.21. The maximum atomic E-state index is 13.6. The summed E-state index contributed by atoms with van der Waals surface area (Å²) in [5.74, 6) is -0.369. The summed E-state index contributed by atoms with van der Waals surface area (Å²) in [6.45, 7) is 1.82. The zero-order valence-electron chi connectivity index (χ0n) is 22.8. The summed E-state index contributed by atoms with van der Waals surface area (Å²) in [6.07, 6.45) is -7.77. The van der Waals surface area contributed by atoms with Crippen LogP contribution >= 0.6 is 35.6 Å². The summed E-state index contributed by atoms with van der Waals surface area (Å²) >= 11 is 12.1. The molecule has 1 fully saturated rings. The van der Waals surface area contributed by atoms with Crippen LogP contribution in [0.15, 0.2) is 78.0 Å². The summed E-state index contributed by atoms with van der Waals surface area (Å²) < 4.78 is 80.8. The van der Waals surface area contributed by atoms with Gasteiger partial charge in [-0.3, -0.25) is 15.1 Å². The SMILES string of the molecule is CC(NNC(=S)/N=C1\SCC(=O)N1c1cc(Cl)ccc1C(F)(F)F)c1ccc(-c2ncn(-c3ccc(C(F)(F)F)cc3)n2)cc1. The van der Waals surface area contributed by atoms with Crippen molar-refractivity contribution >= 4 is 57.5 Å². The molecule has 1 saturated heterocycles. The van der Waals surface area contributed by atoms with E-state index < -0.39 is 35.1 Å². The Labute approximate surface area is 266 Å². The number of alkyl halides is 6. The Morgan fingerprint density at radius 2 is 1.71 bits per heavy atom. The second kappa shape index (κ2) is 12.8. The molecule has 1 aliphatic heterocycles. The molecule has 1 amide bonds. The lowest BCUT2D eigenvalue weighted by Gasteiger charge is -2.21. The molecule has 0 bridgehead atoms. The number of amides is 1.